The Morgan fingerprint density at radius 3 is 2.82 bits per heavy atom. The van der Waals surface area contributed by atoms with Crippen molar-refractivity contribution in [2.45, 2.75) is 19.5 Å². The number of fused-ring (bicyclic) bond motifs is 1. The number of hydrogen-bond donors (Lipinski definition) is 2. The second-order valence-corrected chi connectivity index (χ2v) is 7.00. The second kappa shape index (κ2) is 7.61. The molecule has 0 saturated heterocycles. The van der Waals surface area contributed by atoms with Crippen LogP contribution in [0.4, 0.5) is 0 Å². The van der Waals surface area contributed by atoms with Gasteiger partial charge in [-0.05, 0) is 30.2 Å². The van der Waals surface area contributed by atoms with Crippen molar-refractivity contribution in [3.8, 4) is 22.9 Å². The number of rotatable bonds is 4. The molecule has 28 heavy (non-hydrogen) atoms. The number of ether oxygens (including phenoxy) is 1. The summed E-state index contributed by atoms with van der Waals surface area (Å²) in [5, 5.41) is 10.4. The van der Waals surface area contributed by atoms with Crippen molar-refractivity contribution in [1.29, 1.82) is 0 Å². The molecular weight excluding hydrogens is 380 g/mol. The van der Waals surface area contributed by atoms with E-state index in [1.54, 1.807) is 18.5 Å². The number of benzene rings is 1. The Morgan fingerprint density at radius 2 is 2.07 bits per heavy atom. The van der Waals surface area contributed by atoms with E-state index in [4.69, 9.17) is 16.3 Å². The first-order valence-corrected chi connectivity index (χ1v) is 9.23. The number of phenols is 1. The monoisotopic (exact) mass is 398 g/mol. The summed E-state index contributed by atoms with van der Waals surface area (Å²) >= 11 is 6.29. The van der Waals surface area contributed by atoms with Crippen LogP contribution in [0.3, 0.4) is 0 Å². The van der Waals surface area contributed by atoms with Gasteiger partial charge in [0.1, 0.15) is 5.82 Å². The molecule has 8 heteroatoms. The quantitative estimate of drug-likeness (QED) is 0.702. The minimum absolute atomic E-state index is 0.0615. The maximum absolute atomic E-state index is 12.5. The molecule has 1 aromatic carbocycles. The van der Waals surface area contributed by atoms with Crippen LogP contribution in [0.15, 0.2) is 41.5 Å². The van der Waals surface area contributed by atoms with Crippen molar-refractivity contribution in [3.05, 3.63) is 68.9 Å². The van der Waals surface area contributed by atoms with Crippen LogP contribution in [0.25, 0.3) is 11.4 Å². The van der Waals surface area contributed by atoms with Crippen molar-refractivity contribution in [3.63, 3.8) is 0 Å². The first kappa shape index (κ1) is 18.5. The maximum atomic E-state index is 12.5. The van der Waals surface area contributed by atoms with Gasteiger partial charge in [0.15, 0.2) is 11.5 Å². The smallest absolute Gasteiger partial charge is 0.254 e. The number of nitrogens with zero attached hydrogens (tertiary/aromatic N) is 3. The highest BCUT2D eigenvalue weighted by Crippen LogP contribution is 2.37. The van der Waals surface area contributed by atoms with Crippen LogP contribution >= 0.6 is 11.6 Å². The van der Waals surface area contributed by atoms with Crippen LogP contribution < -0.4 is 10.3 Å². The summed E-state index contributed by atoms with van der Waals surface area (Å²) in [6.07, 6.45) is 3.94. The third kappa shape index (κ3) is 3.46. The molecule has 1 aliphatic heterocycles. The zero-order valence-electron chi connectivity index (χ0n) is 15.3. The number of phenolic OH excluding ortho intramolecular Hbond substituents is 1. The number of halogens is 1. The molecule has 0 atom stereocenters. The Morgan fingerprint density at radius 1 is 1.29 bits per heavy atom. The maximum Gasteiger partial charge on any atom is 0.254 e. The van der Waals surface area contributed by atoms with E-state index in [0.29, 0.717) is 37.6 Å². The molecule has 2 aromatic heterocycles. The van der Waals surface area contributed by atoms with E-state index in [9.17, 15) is 9.90 Å². The lowest BCUT2D eigenvalue weighted by Crippen LogP contribution is -2.35. The minimum atomic E-state index is -0.100. The molecule has 3 heterocycles. The number of H-pyrrole nitrogens is 1. The van der Waals surface area contributed by atoms with Crippen LogP contribution in [-0.2, 0) is 19.5 Å². The van der Waals surface area contributed by atoms with Gasteiger partial charge in [-0.25, -0.2) is 4.98 Å². The lowest BCUT2D eigenvalue weighted by atomic mass is 10.0. The van der Waals surface area contributed by atoms with Crippen molar-refractivity contribution in [2.75, 3.05) is 13.7 Å². The van der Waals surface area contributed by atoms with Gasteiger partial charge in [-0.3, -0.25) is 14.7 Å². The summed E-state index contributed by atoms with van der Waals surface area (Å²) in [6.45, 7) is 1.77. The average Bonchev–Trinajstić information content (AvgIpc) is 2.72. The summed E-state index contributed by atoms with van der Waals surface area (Å²) in [5.74, 6) is 0.815. The van der Waals surface area contributed by atoms with Crippen molar-refractivity contribution in [1.82, 2.24) is 19.9 Å². The third-order valence-corrected chi connectivity index (χ3v) is 5.30. The Bertz CT molecular complexity index is 1070. The molecule has 0 radical (unpaired) electrons. The standard InChI is InChI=1S/C20H19ClN4O3/c1-28-16-3-2-13(17(21)18(16)26)10-25-9-6-14-15(11-25)23-19(24-20(14)27)12-4-7-22-8-5-12/h2-5,7-8,26H,6,9-11H2,1H3,(H,23,24,27). The number of pyridine rings is 1. The average molecular weight is 399 g/mol. The highest BCUT2D eigenvalue weighted by molar-refractivity contribution is 6.33. The van der Waals surface area contributed by atoms with E-state index in [1.165, 1.54) is 7.11 Å². The van der Waals surface area contributed by atoms with Gasteiger partial charge < -0.3 is 14.8 Å². The number of aromatic nitrogens is 3. The number of aromatic amines is 1. The van der Waals surface area contributed by atoms with Gasteiger partial charge in [0.2, 0.25) is 0 Å². The fourth-order valence-electron chi connectivity index (χ4n) is 3.39. The van der Waals surface area contributed by atoms with E-state index >= 15 is 0 Å². The molecule has 0 fully saturated rings. The van der Waals surface area contributed by atoms with Gasteiger partial charge in [-0.2, -0.15) is 0 Å². The Hall–Kier alpha value is -2.90. The SMILES string of the molecule is COc1ccc(CN2CCc3c(nc(-c4ccncc4)[nH]c3=O)C2)c(Cl)c1O. The first-order chi connectivity index (χ1) is 13.6. The number of hydrogen-bond acceptors (Lipinski definition) is 6. The topological polar surface area (TPSA) is 91.3 Å². The summed E-state index contributed by atoms with van der Waals surface area (Å²) in [7, 11) is 1.48. The van der Waals surface area contributed by atoms with E-state index < -0.39 is 0 Å². The van der Waals surface area contributed by atoms with Gasteiger partial charge >= 0.3 is 0 Å². The van der Waals surface area contributed by atoms with E-state index in [-0.39, 0.29) is 16.3 Å². The van der Waals surface area contributed by atoms with Crippen molar-refractivity contribution >= 4 is 11.6 Å². The van der Waals surface area contributed by atoms with Gasteiger partial charge in [-0.15, -0.1) is 0 Å². The summed E-state index contributed by atoms with van der Waals surface area (Å²) in [5.41, 5.74) is 2.99. The van der Waals surface area contributed by atoms with Crippen LogP contribution in [0.1, 0.15) is 16.8 Å². The minimum Gasteiger partial charge on any atom is -0.503 e. The largest absolute Gasteiger partial charge is 0.503 e. The Labute approximate surface area is 166 Å². The molecule has 0 aliphatic carbocycles. The summed E-state index contributed by atoms with van der Waals surface area (Å²) in [6, 6.07) is 7.15. The highest BCUT2D eigenvalue weighted by atomic mass is 35.5. The van der Waals surface area contributed by atoms with Crippen LogP contribution in [0.5, 0.6) is 11.5 Å². The van der Waals surface area contributed by atoms with Gasteiger partial charge in [0, 0.05) is 43.2 Å². The normalized spacial score (nSPS) is 13.9. The lowest BCUT2D eigenvalue weighted by molar-refractivity contribution is 0.240. The van der Waals surface area contributed by atoms with Crippen molar-refractivity contribution in [2.24, 2.45) is 0 Å². The van der Waals surface area contributed by atoms with Crippen molar-refractivity contribution < 1.29 is 9.84 Å². The summed E-state index contributed by atoms with van der Waals surface area (Å²) < 4.78 is 5.08. The molecular formula is C20H19ClN4O3. The van der Waals surface area contributed by atoms with E-state index in [2.05, 4.69) is 19.9 Å². The fraction of sp³-hybridized carbons (Fsp3) is 0.250. The number of methoxy groups -OCH3 is 1. The molecule has 0 unspecified atom stereocenters. The summed E-state index contributed by atoms with van der Waals surface area (Å²) in [4.78, 5) is 26.2. The molecule has 1 aliphatic rings. The molecule has 2 N–H and O–H groups in total. The third-order valence-electron chi connectivity index (χ3n) is 4.88. The predicted molar refractivity (Wildman–Crippen MR) is 106 cm³/mol. The highest BCUT2D eigenvalue weighted by Gasteiger charge is 2.23. The molecule has 7 nitrogen and oxygen atoms in total. The Kier molecular flexibility index (Phi) is 5.02. The Balaban J connectivity index is 1.60. The second-order valence-electron chi connectivity index (χ2n) is 6.63. The van der Waals surface area contributed by atoms with E-state index in [0.717, 1.165) is 22.4 Å². The lowest BCUT2D eigenvalue weighted by Gasteiger charge is -2.28. The number of nitrogens with one attached hydrogen (secondary N) is 1. The van der Waals surface area contributed by atoms with Crippen LogP contribution in [-0.4, -0.2) is 38.6 Å². The predicted octanol–water partition coefficient (Wildman–Crippen LogP) is 2.76. The molecule has 0 bridgehead atoms. The number of aromatic hydroxyl groups is 1. The molecule has 3 aromatic rings. The fourth-order valence-corrected chi connectivity index (χ4v) is 3.61. The zero-order valence-corrected chi connectivity index (χ0v) is 16.0. The van der Waals surface area contributed by atoms with E-state index in [1.807, 2.05) is 18.2 Å². The molecule has 0 amide bonds. The zero-order chi connectivity index (χ0) is 19.7. The van der Waals surface area contributed by atoms with Gasteiger partial charge in [-0.1, -0.05) is 17.7 Å². The van der Waals surface area contributed by atoms with Crippen LogP contribution in [0, 0.1) is 0 Å². The molecule has 0 saturated carbocycles. The molecule has 144 valence electrons. The molecule has 0 spiro atoms. The van der Waals surface area contributed by atoms with Gasteiger partial charge in [0.25, 0.3) is 5.56 Å². The molecule has 4 rings (SSSR count). The van der Waals surface area contributed by atoms with Crippen LogP contribution in [0.2, 0.25) is 5.02 Å². The van der Waals surface area contributed by atoms with Gasteiger partial charge in [0.05, 0.1) is 17.8 Å². The first-order valence-electron chi connectivity index (χ1n) is 8.86.